The standard InChI is InChI=1S/C23H39N7O3S/c1-5-19(16-31)24-10-6-14-34(32,33)29-12-8-20(9-13-29)27-23-25-11-7-21(28-23)22-15-26-18(4)30(22)17(2)3/h7,11,15,17,19-20,24,31H,5-6,8-10,12-14,16H2,1-4H3,(H,25,27,28). The molecule has 1 saturated heterocycles. The molecule has 3 N–H and O–H groups in total. The van der Waals surface area contributed by atoms with Gasteiger partial charge in [0.15, 0.2) is 0 Å². The van der Waals surface area contributed by atoms with E-state index < -0.39 is 10.0 Å². The molecule has 1 aliphatic rings. The van der Waals surface area contributed by atoms with E-state index in [9.17, 15) is 13.5 Å². The Hall–Kier alpha value is -2.08. The van der Waals surface area contributed by atoms with Crippen molar-refractivity contribution in [3.63, 3.8) is 0 Å². The SMILES string of the molecule is CCC(CO)NCCCS(=O)(=O)N1CCC(Nc2nccc(-c3cnc(C)n3C(C)C)n2)CC1. The van der Waals surface area contributed by atoms with Crippen molar-refractivity contribution in [3.8, 4) is 11.4 Å². The van der Waals surface area contributed by atoms with Crippen molar-refractivity contribution < 1.29 is 13.5 Å². The van der Waals surface area contributed by atoms with E-state index in [4.69, 9.17) is 4.98 Å². The summed E-state index contributed by atoms with van der Waals surface area (Å²) in [6.07, 6.45) is 6.34. The van der Waals surface area contributed by atoms with Crippen molar-refractivity contribution in [2.45, 2.75) is 71.5 Å². The maximum atomic E-state index is 12.7. The lowest BCUT2D eigenvalue weighted by atomic mass is 10.1. The van der Waals surface area contributed by atoms with E-state index >= 15 is 0 Å². The fourth-order valence-corrected chi connectivity index (χ4v) is 5.89. The highest BCUT2D eigenvalue weighted by molar-refractivity contribution is 7.89. The third-order valence-corrected chi connectivity index (χ3v) is 8.28. The van der Waals surface area contributed by atoms with E-state index in [1.807, 2.05) is 26.1 Å². The zero-order chi connectivity index (χ0) is 24.7. The third-order valence-electron chi connectivity index (χ3n) is 6.32. The van der Waals surface area contributed by atoms with Gasteiger partial charge in [-0.25, -0.2) is 27.7 Å². The van der Waals surface area contributed by atoms with Gasteiger partial charge in [-0.2, -0.15) is 0 Å². The van der Waals surface area contributed by atoms with Crippen LogP contribution in [0.3, 0.4) is 0 Å². The Bertz CT molecular complexity index is 1010. The van der Waals surface area contributed by atoms with E-state index in [-0.39, 0.29) is 30.5 Å². The summed E-state index contributed by atoms with van der Waals surface area (Å²) in [6, 6.07) is 2.30. The lowest BCUT2D eigenvalue weighted by Gasteiger charge is -2.31. The average Bonchev–Trinajstić information content (AvgIpc) is 3.21. The Morgan fingerprint density at radius 2 is 1.97 bits per heavy atom. The smallest absolute Gasteiger partial charge is 0.223 e. The van der Waals surface area contributed by atoms with Crippen molar-refractivity contribution >= 4 is 16.0 Å². The number of imidazole rings is 1. The number of aryl methyl sites for hydroxylation is 1. The molecule has 34 heavy (non-hydrogen) atoms. The monoisotopic (exact) mass is 493 g/mol. The van der Waals surface area contributed by atoms with Crippen LogP contribution < -0.4 is 10.6 Å². The van der Waals surface area contributed by atoms with Gasteiger partial charge in [-0.05, 0) is 59.1 Å². The maximum absolute atomic E-state index is 12.7. The molecule has 0 spiro atoms. The number of aliphatic hydroxyl groups is 1. The number of nitrogens with one attached hydrogen (secondary N) is 2. The Balaban J connectivity index is 1.52. The van der Waals surface area contributed by atoms with Crippen molar-refractivity contribution in [2.24, 2.45) is 0 Å². The summed E-state index contributed by atoms with van der Waals surface area (Å²) >= 11 is 0. The molecule has 0 aromatic carbocycles. The number of sulfonamides is 1. The first-order valence-corrected chi connectivity index (χ1v) is 13.8. The van der Waals surface area contributed by atoms with Crippen molar-refractivity contribution in [2.75, 3.05) is 37.3 Å². The molecule has 1 atom stereocenters. The zero-order valence-corrected chi connectivity index (χ0v) is 21.6. The van der Waals surface area contributed by atoms with Crippen LogP contribution in [0.1, 0.15) is 58.3 Å². The molecule has 10 nitrogen and oxygen atoms in total. The maximum Gasteiger partial charge on any atom is 0.223 e. The van der Waals surface area contributed by atoms with Crippen molar-refractivity contribution in [1.82, 2.24) is 29.1 Å². The summed E-state index contributed by atoms with van der Waals surface area (Å²) < 4.78 is 29.2. The van der Waals surface area contributed by atoms with Crippen LogP contribution in [0.25, 0.3) is 11.4 Å². The quantitative estimate of drug-likeness (QED) is 0.384. The van der Waals surface area contributed by atoms with Gasteiger partial charge in [-0.3, -0.25) is 0 Å². The summed E-state index contributed by atoms with van der Waals surface area (Å²) in [5, 5.41) is 15.8. The number of nitrogens with zero attached hydrogens (tertiary/aromatic N) is 5. The molecule has 3 rings (SSSR count). The first kappa shape index (κ1) is 26.5. The first-order chi connectivity index (χ1) is 16.2. The Labute approximate surface area is 203 Å². The molecule has 0 saturated carbocycles. The van der Waals surface area contributed by atoms with Gasteiger partial charge in [0.25, 0.3) is 0 Å². The van der Waals surface area contributed by atoms with Crippen LogP contribution in [0.4, 0.5) is 5.95 Å². The topological polar surface area (TPSA) is 125 Å². The van der Waals surface area contributed by atoms with Crippen molar-refractivity contribution in [1.29, 1.82) is 0 Å². The molecule has 0 aliphatic carbocycles. The molecule has 0 radical (unpaired) electrons. The minimum atomic E-state index is -3.28. The molecule has 11 heteroatoms. The number of piperidine rings is 1. The first-order valence-electron chi connectivity index (χ1n) is 12.2. The largest absolute Gasteiger partial charge is 0.395 e. The van der Waals surface area contributed by atoms with E-state index in [0.29, 0.717) is 44.8 Å². The second-order valence-electron chi connectivity index (χ2n) is 9.15. The van der Waals surface area contributed by atoms with Crippen LogP contribution in [0.2, 0.25) is 0 Å². The zero-order valence-electron chi connectivity index (χ0n) is 20.7. The van der Waals surface area contributed by atoms with Gasteiger partial charge in [-0.1, -0.05) is 6.92 Å². The number of aliphatic hydroxyl groups excluding tert-OH is 1. The molecule has 1 aliphatic heterocycles. The molecule has 2 aromatic heterocycles. The number of rotatable bonds is 12. The third kappa shape index (κ3) is 6.74. The van der Waals surface area contributed by atoms with Gasteiger partial charge in [0.1, 0.15) is 5.82 Å². The molecular formula is C23H39N7O3S. The van der Waals surface area contributed by atoms with Gasteiger partial charge in [0, 0.05) is 37.4 Å². The Morgan fingerprint density at radius 1 is 1.24 bits per heavy atom. The van der Waals surface area contributed by atoms with Crippen LogP contribution in [0.5, 0.6) is 0 Å². The summed E-state index contributed by atoms with van der Waals surface area (Å²) in [4.78, 5) is 13.5. The van der Waals surface area contributed by atoms with Gasteiger partial charge >= 0.3 is 0 Å². The molecule has 3 heterocycles. The summed E-state index contributed by atoms with van der Waals surface area (Å²) in [6.45, 7) is 9.84. The molecule has 190 valence electrons. The Kier molecular flexibility index (Phi) is 9.40. The van der Waals surface area contributed by atoms with Gasteiger partial charge in [-0.15, -0.1) is 0 Å². The molecule has 2 aromatic rings. The fourth-order valence-electron chi connectivity index (χ4n) is 4.35. The second kappa shape index (κ2) is 12.1. The van der Waals surface area contributed by atoms with Gasteiger partial charge in [0.2, 0.25) is 16.0 Å². The predicted octanol–water partition coefficient (Wildman–Crippen LogP) is 2.19. The number of hydrogen-bond donors (Lipinski definition) is 3. The number of anilines is 1. The van der Waals surface area contributed by atoms with E-state index in [2.05, 4.69) is 39.0 Å². The lowest BCUT2D eigenvalue weighted by molar-refractivity contribution is 0.239. The molecule has 1 fully saturated rings. The van der Waals surface area contributed by atoms with E-state index in [1.165, 1.54) is 0 Å². The minimum Gasteiger partial charge on any atom is -0.395 e. The lowest BCUT2D eigenvalue weighted by Crippen LogP contribution is -2.43. The minimum absolute atomic E-state index is 0.0280. The van der Waals surface area contributed by atoms with Crippen LogP contribution in [-0.2, 0) is 10.0 Å². The van der Waals surface area contributed by atoms with E-state index in [1.54, 1.807) is 10.5 Å². The highest BCUT2D eigenvalue weighted by Gasteiger charge is 2.28. The summed E-state index contributed by atoms with van der Waals surface area (Å²) in [5.41, 5.74) is 1.77. The van der Waals surface area contributed by atoms with Gasteiger partial charge < -0.3 is 20.3 Å². The molecular weight excluding hydrogens is 454 g/mol. The highest BCUT2D eigenvalue weighted by atomic mass is 32.2. The van der Waals surface area contributed by atoms with Crippen LogP contribution in [0, 0.1) is 6.92 Å². The van der Waals surface area contributed by atoms with Crippen LogP contribution >= 0.6 is 0 Å². The molecule has 0 bridgehead atoms. The van der Waals surface area contributed by atoms with Crippen molar-refractivity contribution in [3.05, 3.63) is 24.3 Å². The molecule has 1 unspecified atom stereocenters. The predicted molar refractivity (Wildman–Crippen MR) is 134 cm³/mol. The van der Waals surface area contributed by atoms with E-state index in [0.717, 1.165) is 23.6 Å². The second-order valence-corrected chi connectivity index (χ2v) is 11.2. The van der Waals surface area contributed by atoms with Gasteiger partial charge in [0.05, 0.1) is 29.9 Å². The summed E-state index contributed by atoms with van der Waals surface area (Å²) in [7, 11) is -3.28. The number of aromatic nitrogens is 4. The fraction of sp³-hybridized carbons (Fsp3) is 0.696. The number of hydrogen-bond acceptors (Lipinski definition) is 8. The normalized spacial score (nSPS) is 16.8. The summed E-state index contributed by atoms with van der Waals surface area (Å²) in [5.74, 6) is 1.61. The van der Waals surface area contributed by atoms with Crippen LogP contribution in [-0.4, -0.2) is 81.4 Å². The highest BCUT2D eigenvalue weighted by Crippen LogP contribution is 2.24. The average molecular weight is 494 g/mol. The molecule has 0 amide bonds. The Morgan fingerprint density at radius 3 is 2.62 bits per heavy atom. The van der Waals surface area contributed by atoms with Crippen LogP contribution in [0.15, 0.2) is 18.5 Å².